The van der Waals surface area contributed by atoms with Crippen LogP contribution in [0.1, 0.15) is 25.0 Å². The number of likely N-dealkylation sites (tertiary alicyclic amines) is 1. The van der Waals surface area contributed by atoms with Gasteiger partial charge in [0.15, 0.2) is 0 Å². The molecule has 1 aliphatic heterocycles. The Morgan fingerprint density at radius 3 is 3.25 bits per heavy atom. The number of nitrogens with zero attached hydrogens (tertiary/aromatic N) is 6. The minimum atomic E-state index is -0.395. The highest BCUT2D eigenvalue weighted by atomic mass is 16.1. The summed E-state index contributed by atoms with van der Waals surface area (Å²) in [5, 5.41) is 18.4. The van der Waals surface area contributed by atoms with Crippen molar-refractivity contribution in [2.75, 3.05) is 19.6 Å². The van der Waals surface area contributed by atoms with E-state index in [0.717, 1.165) is 35.2 Å². The van der Waals surface area contributed by atoms with Crippen molar-refractivity contribution in [1.29, 1.82) is 5.26 Å². The highest BCUT2D eigenvalue weighted by molar-refractivity contribution is 5.95. The molecular weight excluding hydrogens is 306 g/mol. The summed E-state index contributed by atoms with van der Waals surface area (Å²) in [7, 11) is 0. The maximum atomic E-state index is 11.5. The van der Waals surface area contributed by atoms with Crippen molar-refractivity contribution in [3.05, 3.63) is 24.3 Å². The first kappa shape index (κ1) is 14.8. The molecule has 2 atom stereocenters. The van der Waals surface area contributed by atoms with Crippen LogP contribution in [0, 0.1) is 17.2 Å². The van der Waals surface area contributed by atoms with Gasteiger partial charge >= 0.3 is 0 Å². The van der Waals surface area contributed by atoms with E-state index in [4.69, 9.17) is 5.26 Å². The van der Waals surface area contributed by atoms with E-state index in [1.165, 1.54) is 0 Å². The normalized spacial score (nSPS) is 22.0. The Balaban J connectivity index is 1.74. The molecule has 122 valence electrons. The summed E-state index contributed by atoms with van der Waals surface area (Å²) in [5.41, 5.74) is 2.71. The topological polar surface area (TPSA) is 103 Å². The van der Waals surface area contributed by atoms with E-state index in [0.29, 0.717) is 12.5 Å². The average molecular weight is 323 g/mol. The SMILES string of the molecule is CC1CCN(CC(=O)C#N)CC1c1nnn2cnc3[nH]ccc3c12. The fourth-order valence-corrected chi connectivity index (χ4v) is 3.54. The Labute approximate surface area is 138 Å². The lowest BCUT2D eigenvalue weighted by Gasteiger charge is -2.35. The van der Waals surface area contributed by atoms with Crippen molar-refractivity contribution >= 4 is 22.3 Å². The highest BCUT2D eigenvalue weighted by Crippen LogP contribution is 2.34. The largest absolute Gasteiger partial charge is 0.346 e. The lowest BCUT2D eigenvalue weighted by molar-refractivity contribution is -0.115. The van der Waals surface area contributed by atoms with Gasteiger partial charge in [-0.2, -0.15) is 5.26 Å². The van der Waals surface area contributed by atoms with Crippen LogP contribution in [0.3, 0.4) is 0 Å². The molecule has 0 aromatic carbocycles. The minimum Gasteiger partial charge on any atom is -0.346 e. The van der Waals surface area contributed by atoms with Gasteiger partial charge in [0.05, 0.1) is 12.2 Å². The van der Waals surface area contributed by atoms with Gasteiger partial charge in [0.1, 0.15) is 23.6 Å². The molecule has 1 fully saturated rings. The molecule has 8 heteroatoms. The predicted octanol–water partition coefficient (Wildman–Crippen LogP) is 1.12. The van der Waals surface area contributed by atoms with Crippen molar-refractivity contribution < 1.29 is 4.79 Å². The zero-order valence-electron chi connectivity index (χ0n) is 13.3. The fraction of sp³-hybridized carbons (Fsp3) is 0.438. The number of piperidine rings is 1. The summed E-state index contributed by atoms with van der Waals surface area (Å²) >= 11 is 0. The molecule has 3 aromatic heterocycles. The van der Waals surface area contributed by atoms with Crippen LogP contribution in [0.25, 0.3) is 16.6 Å². The summed E-state index contributed by atoms with van der Waals surface area (Å²) in [5.74, 6) is 0.206. The first-order valence-corrected chi connectivity index (χ1v) is 7.99. The zero-order chi connectivity index (χ0) is 16.7. The van der Waals surface area contributed by atoms with Crippen LogP contribution in [0.2, 0.25) is 0 Å². The Morgan fingerprint density at radius 2 is 2.42 bits per heavy atom. The molecule has 0 radical (unpaired) electrons. The van der Waals surface area contributed by atoms with Crippen LogP contribution >= 0.6 is 0 Å². The molecule has 0 spiro atoms. The second-order valence-electron chi connectivity index (χ2n) is 6.39. The quantitative estimate of drug-likeness (QED) is 0.725. The van der Waals surface area contributed by atoms with Gasteiger partial charge in [-0.15, -0.1) is 5.10 Å². The number of Topliss-reactive ketones (excluding diaryl/α,β-unsaturated/α-hetero) is 1. The molecule has 2 unspecified atom stereocenters. The molecule has 24 heavy (non-hydrogen) atoms. The number of hydrogen-bond donors (Lipinski definition) is 1. The van der Waals surface area contributed by atoms with E-state index in [1.54, 1.807) is 16.9 Å². The molecule has 0 saturated carbocycles. The van der Waals surface area contributed by atoms with Crippen molar-refractivity contribution in [2.45, 2.75) is 19.3 Å². The van der Waals surface area contributed by atoms with Crippen LogP contribution in [0.15, 0.2) is 18.6 Å². The molecule has 1 N–H and O–H groups in total. The molecule has 0 amide bonds. The van der Waals surface area contributed by atoms with Crippen molar-refractivity contribution in [1.82, 2.24) is 29.7 Å². The number of ketones is 1. The average Bonchev–Trinajstić information content (AvgIpc) is 3.22. The lowest BCUT2D eigenvalue weighted by atomic mass is 9.84. The Bertz CT molecular complexity index is 950. The first-order chi connectivity index (χ1) is 11.7. The fourth-order valence-electron chi connectivity index (χ4n) is 3.54. The Morgan fingerprint density at radius 1 is 1.54 bits per heavy atom. The molecule has 3 aromatic rings. The number of H-pyrrole nitrogens is 1. The van der Waals surface area contributed by atoms with Crippen molar-refractivity contribution in [3.8, 4) is 6.07 Å². The van der Waals surface area contributed by atoms with Crippen LogP contribution in [-0.2, 0) is 4.79 Å². The predicted molar refractivity (Wildman–Crippen MR) is 86.2 cm³/mol. The highest BCUT2D eigenvalue weighted by Gasteiger charge is 2.32. The zero-order valence-corrected chi connectivity index (χ0v) is 13.3. The van der Waals surface area contributed by atoms with Gasteiger partial charge in [-0.3, -0.25) is 9.69 Å². The standard InChI is InChI=1S/C16H17N7O/c1-10-3-5-22(7-11(24)6-17)8-13(10)14-15-12-2-4-18-16(12)19-9-23(15)21-20-14/h2,4,9-10,13,18H,3,5,7-8H2,1H3. The van der Waals surface area contributed by atoms with Crippen molar-refractivity contribution in [3.63, 3.8) is 0 Å². The number of carbonyl (C=O) groups excluding carboxylic acids is 1. The van der Waals surface area contributed by atoms with E-state index in [1.807, 2.05) is 17.2 Å². The van der Waals surface area contributed by atoms with Crippen LogP contribution in [-0.4, -0.2) is 55.1 Å². The summed E-state index contributed by atoms with van der Waals surface area (Å²) < 4.78 is 1.71. The number of nitriles is 1. The maximum absolute atomic E-state index is 11.5. The van der Waals surface area contributed by atoms with Crippen LogP contribution in [0.4, 0.5) is 0 Å². The molecule has 4 rings (SSSR count). The Hall–Kier alpha value is -2.79. The molecule has 1 saturated heterocycles. The Kier molecular flexibility index (Phi) is 3.50. The summed E-state index contributed by atoms with van der Waals surface area (Å²) in [6.45, 7) is 3.91. The monoisotopic (exact) mass is 323 g/mol. The third-order valence-corrected chi connectivity index (χ3v) is 4.88. The van der Waals surface area contributed by atoms with Crippen LogP contribution < -0.4 is 0 Å². The molecular formula is C16H17N7O. The summed E-state index contributed by atoms with van der Waals surface area (Å²) in [6, 6.07) is 3.68. The molecule has 8 nitrogen and oxygen atoms in total. The van der Waals surface area contributed by atoms with Gasteiger partial charge < -0.3 is 4.98 Å². The number of fused-ring (bicyclic) bond motifs is 3. The molecule has 4 heterocycles. The number of hydrogen-bond acceptors (Lipinski definition) is 6. The maximum Gasteiger partial charge on any atom is 0.245 e. The smallest absolute Gasteiger partial charge is 0.245 e. The molecule has 0 bridgehead atoms. The van der Waals surface area contributed by atoms with Crippen molar-refractivity contribution in [2.24, 2.45) is 5.92 Å². The van der Waals surface area contributed by atoms with Gasteiger partial charge in [-0.05, 0) is 24.9 Å². The van der Waals surface area contributed by atoms with Gasteiger partial charge in [0, 0.05) is 24.0 Å². The third kappa shape index (κ3) is 2.34. The minimum absolute atomic E-state index is 0.170. The second-order valence-corrected chi connectivity index (χ2v) is 6.39. The lowest BCUT2D eigenvalue weighted by Crippen LogP contribution is -2.41. The second kappa shape index (κ2) is 5.69. The van der Waals surface area contributed by atoms with Gasteiger partial charge in [-0.1, -0.05) is 12.1 Å². The number of carbonyl (C=O) groups is 1. The van der Waals surface area contributed by atoms with Gasteiger partial charge in [-0.25, -0.2) is 9.50 Å². The number of aromatic nitrogens is 5. The van der Waals surface area contributed by atoms with E-state index in [-0.39, 0.29) is 12.5 Å². The number of nitrogens with one attached hydrogen (secondary N) is 1. The summed E-state index contributed by atoms with van der Waals surface area (Å²) in [4.78, 5) is 20.9. The molecule has 1 aliphatic rings. The third-order valence-electron chi connectivity index (χ3n) is 4.88. The van der Waals surface area contributed by atoms with Gasteiger partial charge in [0.25, 0.3) is 0 Å². The van der Waals surface area contributed by atoms with E-state index >= 15 is 0 Å². The number of aromatic amines is 1. The molecule has 0 aliphatic carbocycles. The first-order valence-electron chi connectivity index (χ1n) is 7.99. The number of rotatable bonds is 3. The summed E-state index contributed by atoms with van der Waals surface area (Å²) in [6.07, 6.45) is 4.48. The van der Waals surface area contributed by atoms with E-state index < -0.39 is 5.78 Å². The van der Waals surface area contributed by atoms with Crippen LogP contribution in [0.5, 0.6) is 0 Å². The van der Waals surface area contributed by atoms with Gasteiger partial charge in [0.2, 0.25) is 5.78 Å². The van der Waals surface area contributed by atoms with E-state index in [9.17, 15) is 4.79 Å². The van der Waals surface area contributed by atoms with E-state index in [2.05, 4.69) is 27.2 Å².